The molecular formula is C15H27N3O3. The van der Waals surface area contributed by atoms with Crippen LogP contribution in [-0.2, 0) is 9.47 Å². The smallest absolute Gasteiger partial charge is 0.410 e. The lowest BCUT2D eigenvalue weighted by atomic mass is 9.80. The Bertz CT molecular complexity index is 407. The number of rotatable bonds is 0. The normalized spacial score (nSPS) is 27.5. The van der Waals surface area contributed by atoms with Gasteiger partial charge in [-0.05, 0) is 33.6 Å². The van der Waals surface area contributed by atoms with Crippen molar-refractivity contribution in [1.82, 2.24) is 15.5 Å². The standard InChI is InChI=1S/C15H27N3O3/c1-13(2,3)21-12(19)18-6-4-14(5-7-18)8-16-9-15(17-14)10-20-11-15/h16-17H,4-11H2,1-3H3. The molecule has 3 heterocycles. The highest BCUT2D eigenvalue weighted by atomic mass is 16.6. The fourth-order valence-corrected chi connectivity index (χ4v) is 3.46. The molecule has 0 bridgehead atoms. The average molecular weight is 297 g/mol. The number of carbonyl (C=O) groups excluding carboxylic acids is 1. The number of carbonyl (C=O) groups is 1. The Morgan fingerprint density at radius 1 is 1.14 bits per heavy atom. The van der Waals surface area contributed by atoms with Gasteiger partial charge in [-0.1, -0.05) is 0 Å². The first-order valence-corrected chi connectivity index (χ1v) is 7.87. The van der Waals surface area contributed by atoms with Crippen molar-refractivity contribution in [2.45, 2.75) is 50.3 Å². The molecule has 0 aromatic carbocycles. The zero-order valence-electron chi connectivity index (χ0n) is 13.3. The van der Waals surface area contributed by atoms with Crippen LogP contribution >= 0.6 is 0 Å². The SMILES string of the molecule is CC(C)(C)OC(=O)N1CCC2(CC1)CNCC1(COC1)N2. The summed E-state index contributed by atoms with van der Waals surface area (Å²) in [5.74, 6) is 0. The summed E-state index contributed by atoms with van der Waals surface area (Å²) in [4.78, 5) is 14.0. The number of nitrogens with one attached hydrogen (secondary N) is 2. The summed E-state index contributed by atoms with van der Waals surface area (Å²) >= 11 is 0. The molecule has 3 aliphatic heterocycles. The van der Waals surface area contributed by atoms with E-state index in [1.165, 1.54) is 0 Å². The molecule has 3 rings (SSSR count). The van der Waals surface area contributed by atoms with Crippen LogP contribution in [0.15, 0.2) is 0 Å². The second-order valence-electron chi connectivity index (χ2n) is 7.75. The van der Waals surface area contributed by atoms with Crippen LogP contribution in [0.5, 0.6) is 0 Å². The first kappa shape index (κ1) is 15.1. The van der Waals surface area contributed by atoms with Crippen molar-refractivity contribution in [3.8, 4) is 0 Å². The Hall–Kier alpha value is -0.850. The molecule has 21 heavy (non-hydrogen) atoms. The Morgan fingerprint density at radius 3 is 2.29 bits per heavy atom. The van der Waals surface area contributed by atoms with Crippen LogP contribution in [0.25, 0.3) is 0 Å². The Morgan fingerprint density at radius 2 is 1.76 bits per heavy atom. The van der Waals surface area contributed by atoms with Crippen LogP contribution in [-0.4, -0.2) is 67.1 Å². The van der Waals surface area contributed by atoms with Crippen LogP contribution in [0.4, 0.5) is 4.79 Å². The summed E-state index contributed by atoms with van der Waals surface area (Å²) in [6, 6.07) is 0. The lowest BCUT2D eigenvalue weighted by Gasteiger charge is -2.55. The summed E-state index contributed by atoms with van der Waals surface area (Å²) < 4.78 is 10.8. The van der Waals surface area contributed by atoms with Gasteiger partial charge < -0.3 is 19.7 Å². The lowest BCUT2D eigenvalue weighted by molar-refractivity contribution is -0.105. The van der Waals surface area contributed by atoms with Gasteiger partial charge in [0.15, 0.2) is 0 Å². The monoisotopic (exact) mass is 297 g/mol. The van der Waals surface area contributed by atoms with Gasteiger partial charge in [-0.25, -0.2) is 4.79 Å². The molecule has 120 valence electrons. The van der Waals surface area contributed by atoms with E-state index in [1.807, 2.05) is 25.7 Å². The molecule has 6 nitrogen and oxygen atoms in total. The van der Waals surface area contributed by atoms with E-state index in [0.29, 0.717) is 0 Å². The molecule has 0 radical (unpaired) electrons. The van der Waals surface area contributed by atoms with Crippen LogP contribution < -0.4 is 10.6 Å². The minimum Gasteiger partial charge on any atom is -0.444 e. The van der Waals surface area contributed by atoms with Crippen molar-refractivity contribution in [2.75, 3.05) is 39.4 Å². The van der Waals surface area contributed by atoms with E-state index in [-0.39, 0.29) is 17.2 Å². The third kappa shape index (κ3) is 3.17. The third-order valence-electron chi connectivity index (χ3n) is 4.59. The molecule has 0 atom stereocenters. The highest BCUT2D eigenvalue weighted by molar-refractivity contribution is 5.68. The van der Waals surface area contributed by atoms with Gasteiger partial charge in [-0.15, -0.1) is 0 Å². The number of piperidine rings is 1. The first-order valence-electron chi connectivity index (χ1n) is 7.87. The molecule has 0 unspecified atom stereocenters. The van der Waals surface area contributed by atoms with Crippen molar-refractivity contribution in [1.29, 1.82) is 0 Å². The Labute approximate surface area is 126 Å². The molecule has 0 aromatic heterocycles. The molecule has 3 aliphatic rings. The lowest BCUT2D eigenvalue weighted by Crippen LogP contribution is -2.78. The second kappa shape index (κ2) is 5.11. The summed E-state index contributed by atoms with van der Waals surface area (Å²) in [5.41, 5.74) is -0.211. The second-order valence-corrected chi connectivity index (χ2v) is 7.75. The Kier molecular flexibility index (Phi) is 3.66. The van der Waals surface area contributed by atoms with Crippen molar-refractivity contribution in [3.63, 3.8) is 0 Å². The molecule has 0 aromatic rings. The molecule has 0 saturated carbocycles. The van der Waals surface area contributed by atoms with Crippen molar-refractivity contribution in [2.24, 2.45) is 0 Å². The fourth-order valence-electron chi connectivity index (χ4n) is 3.46. The minimum atomic E-state index is -0.426. The summed E-state index contributed by atoms with van der Waals surface area (Å²) in [7, 11) is 0. The van der Waals surface area contributed by atoms with Gasteiger partial charge in [0.05, 0.1) is 18.8 Å². The predicted molar refractivity (Wildman–Crippen MR) is 79.3 cm³/mol. The van der Waals surface area contributed by atoms with E-state index >= 15 is 0 Å². The Balaban J connectivity index is 1.56. The van der Waals surface area contributed by atoms with E-state index in [0.717, 1.165) is 52.2 Å². The molecule has 3 fully saturated rings. The highest BCUT2D eigenvalue weighted by Crippen LogP contribution is 2.31. The summed E-state index contributed by atoms with van der Waals surface area (Å²) in [5, 5.41) is 7.37. The maximum atomic E-state index is 12.1. The quantitative estimate of drug-likeness (QED) is 0.690. The van der Waals surface area contributed by atoms with Crippen molar-refractivity contribution in [3.05, 3.63) is 0 Å². The summed E-state index contributed by atoms with van der Waals surface area (Å²) in [6.07, 6.45) is 1.73. The maximum Gasteiger partial charge on any atom is 0.410 e. The van der Waals surface area contributed by atoms with Gasteiger partial charge in [-0.2, -0.15) is 0 Å². The number of hydrogen-bond acceptors (Lipinski definition) is 5. The number of ether oxygens (including phenoxy) is 2. The summed E-state index contributed by atoms with van der Waals surface area (Å²) in [6.45, 7) is 10.7. The molecule has 2 N–H and O–H groups in total. The average Bonchev–Trinajstić information content (AvgIpc) is 2.36. The molecule has 3 saturated heterocycles. The van der Waals surface area contributed by atoms with E-state index in [9.17, 15) is 4.79 Å². The minimum absolute atomic E-state index is 0.0978. The van der Waals surface area contributed by atoms with Crippen LogP contribution in [0.1, 0.15) is 33.6 Å². The van der Waals surface area contributed by atoms with Gasteiger partial charge in [0.25, 0.3) is 0 Å². The topological polar surface area (TPSA) is 62.8 Å². The van der Waals surface area contributed by atoms with E-state index in [2.05, 4.69) is 10.6 Å². The highest BCUT2D eigenvalue weighted by Gasteiger charge is 2.49. The molecule has 6 heteroatoms. The third-order valence-corrected chi connectivity index (χ3v) is 4.59. The van der Waals surface area contributed by atoms with Gasteiger partial charge in [0.2, 0.25) is 0 Å². The number of amides is 1. The van der Waals surface area contributed by atoms with E-state index < -0.39 is 5.60 Å². The maximum absolute atomic E-state index is 12.1. The molecule has 2 spiro atoms. The predicted octanol–water partition coefficient (Wildman–Crippen LogP) is 0.718. The van der Waals surface area contributed by atoms with Crippen LogP contribution in [0.2, 0.25) is 0 Å². The zero-order chi connectivity index (χ0) is 15.1. The van der Waals surface area contributed by atoms with Crippen LogP contribution in [0, 0.1) is 0 Å². The number of nitrogens with zero attached hydrogens (tertiary/aromatic N) is 1. The van der Waals surface area contributed by atoms with Gasteiger partial charge >= 0.3 is 6.09 Å². The molecule has 0 aliphatic carbocycles. The number of likely N-dealkylation sites (tertiary alicyclic amines) is 1. The van der Waals surface area contributed by atoms with E-state index in [4.69, 9.17) is 9.47 Å². The zero-order valence-corrected chi connectivity index (χ0v) is 13.3. The fraction of sp³-hybridized carbons (Fsp3) is 0.933. The largest absolute Gasteiger partial charge is 0.444 e. The number of piperazine rings is 1. The van der Waals surface area contributed by atoms with Crippen LogP contribution in [0.3, 0.4) is 0 Å². The first-order chi connectivity index (χ1) is 9.82. The number of hydrogen-bond donors (Lipinski definition) is 2. The van der Waals surface area contributed by atoms with E-state index in [1.54, 1.807) is 0 Å². The van der Waals surface area contributed by atoms with Gasteiger partial charge in [-0.3, -0.25) is 5.32 Å². The molecular weight excluding hydrogens is 270 g/mol. The van der Waals surface area contributed by atoms with Gasteiger partial charge in [0, 0.05) is 31.7 Å². The van der Waals surface area contributed by atoms with Crippen molar-refractivity contribution < 1.29 is 14.3 Å². The van der Waals surface area contributed by atoms with Crippen molar-refractivity contribution >= 4 is 6.09 Å². The molecule has 1 amide bonds. The van der Waals surface area contributed by atoms with Gasteiger partial charge in [0.1, 0.15) is 5.60 Å².